The molecule has 8 heteroatoms. The number of tetrazole rings is 1. The molecule has 0 aliphatic rings. The van der Waals surface area contributed by atoms with Gasteiger partial charge in [0.2, 0.25) is 5.91 Å². The Labute approximate surface area is 227 Å². The molecule has 0 saturated carbocycles. The van der Waals surface area contributed by atoms with E-state index < -0.39 is 6.04 Å². The van der Waals surface area contributed by atoms with Gasteiger partial charge in [-0.15, -0.1) is 10.2 Å². The number of H-pyrrole nitrogens is 1. The number of rotatable bonds is 11. The molecule has 1 amide bonds. The highest BCUT2D eigenvalue weighted by atomic mass is 16.5. The van der Waals surface area contributed by atoms with Crippen LogP contribution in [0, 0.1) is 0 Å². The van der Waals surface area contributed by atoms with Crippen LogP contribution in [0.2, 0.25) is 0 Å². The molecular formula is C31H30N6O2. The average Bonchev–Trinajstić information content (AvgIpc) is 3.63. The number of carbonyl (C=O) groups excluding carboxylic acids is 1. The maximum absolute atomic E-state index is 13.1. The van der Waals surface area contributed by atoms with E-state index in [1.165, 1.54) is 5.56 Å². The molecule has 5 aromatic rings. The second-order valence-electron chi connectivity index (χ2n) is 9.14. The normalized spacial score (nSPS) is 12.3. The fourth-order valence-electron chi connectivity index (χ4n) is 4.33. The minimum absolute atomic E-state index is 0.0280. The van der Waals surface area contributed by atoms with Crippen LogP contribution in [0.25, 0.3) is 23.1 Å². The summed E-state index contributed by atoms with van der Waals surface area (Å²) in [5, 5.41) is 17.9. The predicted octanol–water partition coefficient (Wildman–Crippen LogP) is 5.38. The molecular weight excluding hydrogens is 488 g/mol. The van der Waals surface area contributed by atoms with Crippen molar-refractivity contribution in [1.29, 1.82) is 0 Å². The van der Waals surface area contributed by atoms with E-state index in [4.69, 9.17) is 4.74 Å². The highest BCUT2D eigenvalue weighted by molar-refractivity contribution is 5.93. The Kier molecular flexibility index (Phi) is 8.23. The number of aromatic nitrogens is 5. The summed E-state index contributed by atoms with van der Waals surface area (Å²) < 4.78 is 8.10. The lowest BCUT2D eigenvalue weighted by atomic mass is 10.1. The lowest BCUT2D eigenvalue weighted by Crippen LogP contribution is -2.32. The third kappa shape index (κ3) is 6.67. The first kappa shape index (κ1) is 25.7. The number of allylic oxidation sites excluding steroid dienone is 2. The van der Waals surface area contributed by atoms with E-state index >= 15 is 0 Å². The highest BCUT2D eigenvalue weighted by Crippen LogP contribution is 2.30. The molecule has 5 rings (SSSR count). The molecule has 0 aliphatic heterocycles. The van der Waals surface area contributed by atoms with Gasteiger partial charge >= 0.3 is 0 Å². The van der Waals surface area contributed by atoms with Gasteiger partial charge in [0.05, 0.1) is 0 Å². The molecule has 0 aliphatic carbocycles. The average molecular weight is 519 g/mol. The third-order valence-corrected chi connectivity index (χ3v) is 6.43. The molecule has 1 atom stereocenters. The largest absolute Gasteiger partial charge is 0.489 e. The number of nitrogens with zero attached hydrogens (tertiary/aromatic N) is 4. The van der Waals surface area contributed by atoms with Crippen LogP contribution in [0.1, 0.15) is 35.5 Å². The summed E-state index contributed by atoms with van der Waals surface area (Å²) in [5.74, 6) is 1.24. The number of ether oxygens (including phenoxy) is 1. The van der Waals surface area contributed by atoms with Crippen LogP contribution in [0.5, 0.6) is 5.75 Å². The molecule has 1 unspecified atom stereocenters. The molecule has 2 heterocycles. The van der Waals surface area contributed by atoms with Crippen molar-refractivity contribution < 1.29 is 9.53 Å². The molecule has 2 N–H and O–H groups in total. The summed E-state index contributed by atoms with van der Waals surface area (Å²) in [6.07, 6.45) is 10.3. The SMILES string of the molecule is CC(C(=O)NCCc1ccccc1)n1cc(C=CC=Cc2nn[nH]n2)c2cc(OCc3ccccc3)ccc21. The van der Waals surface area contributed by atoms with Crippen LogP contribution in [0.15, 0.2) is 97.2 Å². The Bertz CT molecular complexity index is 1560. The standard InChI is InChI=1S/C31H30N6O2/c1-23(31(38)32-19-18-24-10-4-2-5-11-24)37-21-26(14-8-9-15-30-33-35-36-34-30)28-20-27(16-17-29(28)37)39-22-25-12-6-3-7-13-25/h2-17,20-21,23H,18-19,22H2,1H3,(H,32,38)(H,33,34,35,36). The molecule has 0 saturated heterocycles. The Hall–Kier alpha value is -4.98. The number of fused-ring (bicyclic) bond motifs is 1. The van der Waals surface area contributed by atoms with E-state index in [2.05, 4.69) is 38.1 Å². The fourth-order valence-corrected chi connectivity index (χ4v) is 4.33. The van der Waals surface area contributed by atoms with E-state index in [-0.39, 0.29) is 5.91 Å². The van der Waals surface area contributed by atoms with Gasteiger partial charge in [-0.25, -0.2) is 0 Å². The van der Waals surface area contributed by atoms with Crippen molar-refractivity contribution in [2.75, 3.05) is 6.54 Å². The number of hydrogen-bond donors (Lipinski definition) is 2. The van der Waals surface area contributed by atoms with Crippen molar-refractivity contribution in [3.05, 3.63) is 120 Å². The van der Waals surface area contributed by atoms with E-state index in [1.807, 2.05) is 103 Å². The first-order valence-corrected chi connectivity index (χ1v) is 12.9. The second kappa shape index (κ2) is 12.5. The molecule has 0 fully saturated rings. The Morgan fingerprint density at radius 2 is 1.74 bits per heavy atom. The van der Waals surface area contributed by atoms with Crippen LogP contribution in [0.4, 0.5) is 0 Å². The molecule has 0 radical (unpaired) electrons. The molecule has 8 nitrogen and oxygen atoms in total. The first-order valence-electron chi connectivity index (χ1n) is 12.9. The van der Waals surface area contributed by atoms with Crippen LogP contribution in [0.3, 0.4) is 0 Å². The van der Waals surface area contributed by atoms with Gasteiger partial charge in [0, 0.05) is 29.2 Å². The number of nitrogens with one attached hydrogen (secondary N) is 2. The summed E-state index contributed by atoms with van der Waals surface area (Å²) in [6.45, 7) is 2.98. The lowest BCUT2D eigenvalue weighted by Gasteiger charge is -2.16. The Balaban J connectivity index is 1.36. The van der Waals surface area contributed by atoms with E-state index in [0.717, 1.165) is 34.2 Å². The predicted molar refractivity (Wildman–Crippen MR) is 153 cm³/mol. The van der Waals surface area contributed by atoms with Crippen molar-refractivity contribution in [3.8, 4) is 5.75 Å². The Morgan fingerprint density at radius 3 is 2.49 bits per heavy atom. The van der Waals surface area contributed by atoms with Crippen LogP contribution in [-0.4, -0.2) is 37.6 Å². The van der Waals surface area contributed by atoms with Gasteiger partial charge in [-0.05, 0) is 54.0 Å². The van der Waals surface area contributed by atoms with Gasteiger partial charge in [0.25, 0.3) is 0 Å². The minimum Gasteiger partial charge on any atom is -0.489 e. The van der Waals surface area contributed by atoms with Crippen LogP contribution in [-0.2, 0) is 17.8 Å². The smallest absolute Gasteiger partial charge is 0.242 e. The van der Waals surface area contributed by atoms with Crippen molar-refractivity contribution >= 4 is 29.0 Å². The van der Waals surface area contributed by atoms with Gasteiger partial charge in [-0.1, -0.05) is 78.9 Å². The number of carbonyl (C=O) groups is 1. The molecule has 0 spiro atoms. The summed E-state index contributed by atoms with van der Waals surface area (Å²) in [4.78, 5) is 13.1. The van der Waals surface area contributed by atoms with Gasteiger partial charge in [-0.3, -0.25) is 4.79 Å². The second-order valence-corrected chi connectivity index (χ2v) is 9.14. The van der Waals surface area contributed by atoms with E-state index in [0.29, 0.717) is 19.0 Å². The number of benzene rings is 3. The molecule has 2 aromatic heterocycles. The minimum atomic E-state index is -0.392. The topological polar surface area (TPSA) is 97.7 Å². The monoisotopic (exact) mass is 518 g/mol. The zero-order chi connectivity index (χ0) is 26.9. The maximum atomic E-state index is 13.1. The Morgan fingerprint density at radius 1 is 1.00 bits per heavy atom. The van der Waals surface area contributed by atoms with Gasteiger partial charge in [-0.2, -0.15) is 5.21 Å². The third-order valence-electron chi connectivity index (χ3n) is 6.43. The summed E-state index contributed by atoms with van der Waals surface area (Å²) in [5.41, 5.74) is 4.22. The summed E-state index contributed by atoms with van der Waals surface area (Å²) in [6, 6.07) is 25.8. The summed E-state index contributed by atoms with van der Waals surface area (Å²) >= 11 is 0. The zero-order valence-corrected chi connectivity index (χ0v) is 21.7. The van der Waals surface area contributed by atoms with Gasteiger partial charge in [0.1, 0.15) is 18.4 Å². The zero-order valence-electron chi connectivity index (χ0n) is 21.7. The lowest BCUT2D eigenvalue weighted by molar-refractivity contribution is -0.123. The molecule has 3 aromatic carbocycles. The maximum Gasteiger partial charge on any atom is 0.242 e. The van der Waals surface area contributed by atoms with Crippen molar-refractivity contribution in [2.45, 2.75) is 26.0 Å². The van der Waals surface area contributed by atoms with Crippen LogP contribution < -0.4 is 10.1 Å². The fraction of sp³-hybridized carbons (Fsp3) is 0.161. The quantitative estimate of drug-likeness (QED) is 0.229. The van der Waals surface area contributed by atoms with E-state index in [9.17, 15) is 4.79 Å². The van der Waals surface area contributed by atoms with Gasteiger partial charge in [0.15, 0.2) is 5.82 Å². The molecule has 0 bridgehead atoms. The van der Waals surface area contributed by atoms with Gasteiger partial charge < -0.3 is 14.6 Å². The first-order chi connectivity index (χ1) is 19.2. The van der Waals surface area contributed by atoms with E-state index in [1.54, 1.807) is 6.08 Å². The molecule has 39 heavy (non-hydrogen) atoms. The molecule has 196 valence electrons. The number of amides is 1. The highest BCUT2D eigenvalue weighted by Gasteiger charge is 2.18. The number of hydrogen-bond acceptors (Lipinski definition) is 5. The van der Waals surface area contributed by atoms with Crippen molar-refractivity contribution in [3.63, 3.8) is 0 Å². The van der Waals surface area contributed by atoms with Crippen molar-refractivity contribution in [2.24, 2.45) is 0 Å². The van der Waals surface area contributed by atoms with Crippen LogP contribution >= 0.6 is 0 Å². The van der Waals surface area contributed by atoms with Crippen molar-refractivity contribution in [1.82, 2.24) is 30.5 Å². The summed E-state index contributed by atoms with van der Waals surface area (Å²) in [7, 11) is 0. The number of aromatic amines is 1.